The lowest BCUT2D eigenvalue weighted by Gasteiger charge is -2.14. The molecule has 26 heavy (non-hydrogen) atoms. The molecule has 0 spiro atoms. The number of hydrogen-bond acceptors (Lipinski definition) is 3. The number of imidazole rings is 1. The van der Waals surface area contributed by atoms with Gasteiger partial charge in [-0.1, -0.05) is 41.9 Å². The van der Waals surface area contributed by atoms with E-state index in [0.717, 1.165) is 11.1 Å². The Morgan fingerprint density at radius 2 is 1.96 bits per heavy atom. The van der Waals surface area contributed by atoms with Crippen LogP contribution in [0.15, 0.2) is 60.9 Å². The first-order valence-electron chi connectivity index (χ1n) is 8.30. The van der Waals surface area contributed by atoms with Crippen molar-refractivity contribution in [2.75, 3.05) is 6.54 Å². The minimum absolute atomic E-state index is 0.0962. The first-order valence-corrected chi connectivity index (χ1v) is 8.68. The molecule has 3 aromatic rings. The van der Waals surface area contributed by atoms with E-state index in [9.17, 15) is 9.90 Å². The molecule has 6 heteroatoms. The monoisotopic (exact) mass is 369 g/mol. The molecule has 0 radical (unpaired) electrons. The lowest BCUT2D eigenvalue weighted by atomic mass is 9.99. The molecule has 0 saturated heterocycles. The van der Waals surface area contributed by atoms with Gasteiger partial charge >= 0.3 is 0 Å². The van der Waals surface area contributed by atoms with Gasteiger partial charge in [-0.15, -0.1) is 0 Å². The van der Waals surface area contributed by atoms with Crippen molar-refractivity contribution in [1.29, 1.82) is 0 Å². The molecule has 1 heterocycles. The molecule has 2 aromatic carbocycles. The molecule has 1 unspecified atom stereocenters. The highest BCUT2D eigenvalue weighted by Gasteiger charge is 2.16. The number of aromatic nitrogens is 2. The maximum atomic E-state index is 12.6. The van der Waals surface area contributed by atoms with Gasteiger partial charge in [0.15, 0.2) is 0 Å². The normalized spacial score (nSPS) is 12.0. The predicted molar refractivity (Wildman–Crippen MR) is 101 cm³/mol. The maximum Gasteiger partial charge on any atom is 0.251 e. The summed E-state index contributed by atoms with van der Waals surface area (Å²) in [6.07, 6.45) is 3.13. The van der Waals surface area contributed by atoms with Gasteiger partial charge in [-0.2, -0.15) is 0 Å². The highest BCUT2D eigenvalue weighted by atomic mass is 35.5. The molecule has 0 aliphatic carbocycles. The zero-order valence-corrected chi connectivity index (χ0v) is 15.1. The molecule has 0 bridgehead atoms. The third-order valence-corrected chi connectivity index (χ3v) is 4.43. The summed E-state index contributed by atoms with van der Waals surface area (Å²) in [5, 5.41) is 13.7. The topological polar surface area (TPSA) is 67.2 Å². The lowest BCUT2D eigenvalue weighted by molar-refractivity contribution is 0.0908. The van der Waals surface area contributed by atoms with Gasteiger partial charge < -0.3 is 15.0 Å². The summed E-state index contributed by atoms with van der Waals surface area (Å²) in [5.41, 5.74) is 2.58. The van der Waals surface area contributed by atoms with Crippen molar-refractivity contribution < 1.29 is 9.90 Å². The van der Waals surface area contributed by atoms with E-state index < -0.39 is 6.10 Å². The second-order valence-corrected chi connectivity index (χ2v) is 6.52. The quantitative estimate of drug-likeness (QED) is 0.701. The van der Waals surface area contributed by atoms with Crippen LogP contribution >= 0.6 is 11.6 Å². The zero-order chi connectivity index (χ0) is 18.5. The second kappa shape index (κ2) is 8.17. The summed E-state index contributed by atoms with van der Waals surface area (Å²) >= 11 is 5.93. The fraction of sp³-hybridized carbons (Fsp3) is 0.200. The van der Waals surface area contributed by atoms with Crippen molar-refractivity contribution >= 4 is 17.5 Å². The molecule has 1 atom stereocenters. The van der Waals surface area contributed by atoms with E-state index in [2.05, 4.69) is 10.3 Å². The number of nitrogens with one attached hydrogen (secondary N) is 1. The van der Waals surface area contributed by atoms with Crippen LogP contribution < -0.4 is 5.32 Å². The minimum Gasteiger partial charge on any atom is -0.383 e. The van der Waals surface area contributed by atoms with Crippen LogP contribution in [0.2, 0.25) is 5.02 Å². The molecular formula is C20H20ClN3O2. The molecule has 0 fully saturated rings. The fourth-order valence-electron chi connectivity index (χ4n) is 2.79. The van der Waals surface area contributed by atoms with E-state index in [1.54, 1.807) is 30.1 Å². The van der Waals surface area contributed by atoms with Crippen LogP contribution in [0.1, 0.15) is 33.4 Å². The van der Waals surface area contributed by atoms with Crippen LogP contribution in [-0.2, 0) is 13.5 Å². The highest BCUT2D eigenvalue weighted by molar-refractivity contribution is 6.30. The van der Waals surface area contributed by atoms with Crippen molar-refractivity contribution in [2.24, 2.45) is 7.05 Å². The predicted octanol–water partition coefficient (Wildman–Crippen LogP) is 3.13. The van der Waals surface area contributed by atoms with Crippen LogP contribution in [0, 0.1) is 0 Å². The molecule has 5 nitrogen and oxygen atoms in total. The number of rotatable bonds is 6. The zero-order valence-electron chi connectivity index (χ0n) is 14.4. The van der Waals surface area contributed by atoms with Gasteiger partial charge in [0.25, 0.3) is 5.91 Å². The molecule has 0 aliphatic heterocycles. The number of nitrogens with zero attached hydrogens (tertiary/aromatic N) is 2. The Hall–Kier alpha value is -2.63. The second-order valence-electron chi connectivity index (χ2n) is 6.08. The van der Waals surface area contributed by atoms with Crippen LogP contribution in [0.4, 0.5) is 0 Å². The van der Waals surface area contributed by atoms with Gasteiger partial charge in [-0.3, -0.25) is 4.79 Å². The van der Waals surface area contributed by atoms with Crippen molar-refractivity contribution in [3.8, 4) is 0 Å². The number of aliphatic hydroxyl groups excluding tert-OH is 1. The van der Waals surface area contributed by atoms with E-state index in [4.69, 9.17) is 11.6 Å². The fourth-order valence-corrected chi connectivity index (χ4v) is 2.92. The summed E-state index contributed by atoms with van der Waals surface area (Å²) < 4.78 is 1.73. The molecule has 2 N–H and O–H groups in total. The Morgan fingerprint density at radius 1 is 1.23 bits per heavy atom. The Balaban J connectivity index is 1.69. The largest absolute Gasteiger partial charge is 0.383 e. The molecule has 0 aliphatic rings. The van der Waals surface area contributed by atoms with Crippen LogP contribution in [0.5, 0.6) is 0 Å². The van der Waals surface area contributed by atoms with Gasteiger partial charge in [0.2, 0.25) is 0 Å². The van der Waals surface area contributed by atoms with Crippen LogP contribution in [0.3, 0.4) is 0 Å². The molecule has 134 valence electrons. The Bertz CT molecular complexity index is 890. The Labute approximate surface area is 157 Å². The van der Waals surface area contributed by atoms with Crippen molar-refractivity contribution in [3.05, 3.63) is 88.5 Å². The van der Waals surface area contributed by atoms with Gasteiger partial charge in [0.05, 0.1) is 6.54 Å². The molecular weight excluding hydrogens is 350 g/mol. The molecule has 3 rings (SSSR count). The van der Waals surface area contributed by atoms with Crippen molar-refractivity contribution in [2.45, 2.75) is 12.5 Å². The summed E-state index contributed by atoms with van der Waals surface area (Å²) in [7, 11) is 1.80. The average molecular weight is 370 g/mol. The third-order valence-electron chi connectivity index (χ3n) is 4.18. The Kier molecular flexibility index (Phi) is 5.71. The highest BCUT2D eigenvalue weighted by Crippen LogP contribution is 2.17. The number of carbonyl (C=O) groups is 1. The van der Waals surface area contributed by atoms with E-state index in [1.165, 1.54) is 0 Å². The number of amides is 1. The van der Waals surface area contributed by atoms with Crippen molar-refractivity contribution in [1.82, 2.24) is 14.9 Å². The molecule has 0 saturated carbocycles. The van der Waals surface area contributed by atoms with Crippen LogP contribution in [0.25, 0.3) is 0 Å². The van der Waals surface area contributed by atoms with Crippen LogP contribution in [-0.4, -0.2) is 27.1 Å². The van der Waals surface area contributed by atoms with E-state index in [0.29, 0.717) is 22.8 Å². The summed E-state index contributed by atoms with van der Waals surface area (Å²) in [6.45, 7) is 0.0962. The van der Waals surface area contributed by atoms with E-state index >= 15 is 0 Å². The minimum atomic E-state index is -0.859. The first kappa shape index (κ1) is 18.2. The van der Waals surface area contributed by atoms with Gasteiger partial charge in [0.1, 0.15) is 11.9 Å². The molecule has 1 aromatic heterocycles. The van der Waals surface area contributed by atoms with E-state index in [-0.39, 0.29) is 12.5 Å². The number of aryl methyl sites for hydroxylation is 1. The third kappa shape index (κ3) is 4.31. The standard InChI is InChI=1S/C20H20ClN3O2/c1-24-11-10-22-19(24)18(25)13-23-20(26)17-5-3-2-4-15(17)12-14-6-8-16(21)9-7-14/h2-11,18,25H,12-13H2,1H3,(H,23,26). The average Bonchev–Trinajstić information content (AvgIpc) is 3.08. The SMILES string of the molecule is Cn1ccnc1C(O)CNC(=O)c1ccccc1Cc1ccc(Cl)cc1. The maximum absolute atomic E-state index is 12.6. The number of carbonyl (C=O) groups excluding carboxylic acids is 1. The lowest BCUT2D eigenvalue weighted by Crippen LogP contribution is -2.30. The summed E-state index contributed by atoms with van der Waals surface area (Å²) in [6, 6.07) is 15.0. The number of hydrogen-bond donors (Lipinski definition) is 2. The van der Waals surface area contributed by atoms with Gasteiger partial charge in [0, 0.05) is 30.0 Å². The molecule has 1 amide bonds. The van der Waals surface area contributed by atoms with Gasteiger partial charge in [-0.05, 0) is 35.7 Å². The first-order chi connectivity index (χ1) is 12.5. The number of halogens is 1. The number of aliphatic hydroxyl groups is 1. The smallest absolute Gasteiger partial charge is 0.251 e. The summed E-state index contributed by atoms with van der Waals surface area (Å²) in [4.78, 5) is 16.7. The Morgan fingerprint density at radius 3 is 2.65 bits per heavy atom. The van der Waals surface area contributed by atoms with E-state index in [1.807, 2.05) is 42.5 Å². The van der Waals surface area contributed by atoms with Crippen molar-refractivity contribution in [3.63, 3.8) is 0 Å². The number of benzene rings is 2. The van der Waals surface area contributed by atoms with Gasteiger partial charge in [-0.25, -0.2) is 4.98 Å². The summed E-state index contributed by atoms with van der Waals surface area (Å²) in [5.74, 6) is 0.294.